The predicted molar refractivity (Wildman–Crippen MR) is 132 cm³/mol. The molecule has 1 saturated heterocycles. The van der Waals surface area contributed by atoms with Gasteiger partial charge in [-0.1, -0.05) is 60.7 Å². The van der Waals surface area contributed by atoms with Gasteiger partial charge in [0, 0.05) is 11.1 Å². The van der Waals surface area contributed by atoms with E-state index in [9.17, 15) is 9.59 Å². The highest BCUT2D eigenvalue weighted by molar-refractivity contribution is 5.85. The number of piperidine rings is 1. The minimum Gasteiger partial charge on any atom is -1.00 e. The maximum Gasteiger partial charge on any atom is 0.275 e. The van der Waals surface area contributed by atoms with Crippen LogP contribution in [0.15, 0.2) is 60.7 Å². The molecule has 0 spiro atoms. The van der Waals surface area contributed by atoms with E-state index < -0.39 is 0 Å². The summed E-state index contributed by atoms with van der Waals surface area (Å²) in [6.45, 7) is 5.80. The number of carbonyl (C=O) groups excluding carboxylic acids is 2. The molecule has 0 atom stereocenters. The first-order chi connectivity index (χ1) is 15.9. The Bertz CT molecular complexity index is 849. The molecule has 2 amide bonds. The number of hydrogen-bond donors (Lipinski definition) is 2. The number of likely N-dealkylation sites (N-methyl/N-ethyl adjacent to an activating group) is 2. The minimum absolute atomic E-state index is 0. The zero-order valence-electron chi connectivity index (χ0n) is 21.0. The van der Waals surface area contributed by atoms with E-state index in [2.05, 4.69) is 49.0 Å². The molecule has 2 aromatic rings. The Hall–Kier alpha value is -1.24. The molecule has 6 nitrogen and oxygen atoms in total. The standard InChI is InChI=1S/C27H38N4O2.2HI/c1-30(17-10-5-11-18-30)19-16-28-26(32)20-29-27(33)23-31(2,21-24-12-6-3-7-13-24)22-25-14-8-4-9-15-25;;/h3-4,6-9,12-15H,5,10-11,16-23H2,1-2H3;2*1H. The Morgan fingerprint density at radius 2 is 1.31 bits per heavy atom. The van der Waals surface area contributed by atoms with Gasteiger partial charge < -0.3 is 67.6 Å². The molecule has 1 aliphatic heterocycles. The van der Waals surface area contributed by atoms with Crippen molar-refractivity contribution in [3.8, 4) is 0 Å². The number of benzene rings is 2. The number of halogens is 2. The molecule has 1 heterocycles. The van der Waals surface area contributed by atoms with Crippen LogP contribution in [0.25, 0.3) is 0 Å². The molecular weight excluding hydrogens is 666 g/mol. The van der Waals surface area contributed by atoms with Gasteiger partial charge in [-0.2, -0.15) is 0 Å². The fourth-order valence-corrected chi connectivity index (χ4v) is 4.82. The van der Waals surface area contributed by atoms with Gasteiger partial charge in [-0.3, -0.25) is 9.59 Å². The minimum atomic E-state index is -0.118. The van der Waals surface area contributed by atoms with Gasteiger partial charge in [0.15, 0.2) is 6.54 Å². The van der Waals surface area contributed by atoms with Gasteiger partial charge in [0.25, 0.3) is 5.91 Å². The summed E-state index contributed by atoms with van der Waals surface area (Å²) in [7, 11) is 4.37. The molecule has 35 heavy (non-hydrogen) atoms. The summed E-state index contributed by atoms with van der Waals surface area (Å²) in [5.74, 6) is -0.221. The van der Waals surface area contributed by atoms with Crippen LogP contribution in [0.3, 0.4) is 0 Å². The first kappa shape index (κ1) is 31.8. The Balaban J connectivity index is 0.00000306. The zero-order valence-corrected chi connectivity index (χ0v) is 25.3. The van der Waals surface area contributed by atoms with Gasteiger partial charge in [-0.15, -0.1) is 0 Å². The molecule has 1 fully saturated rings. The molecule has 2 N–H and O–H groups in total. The van der Waals surface area contributed by atoms with Crippen molar-refractivity contribution in [2.75, 3.05) is 53.4 Å². The topological polar surface area (TPSA) is 58.2 Å². The van der Waals surface area contributed by atoms with E-state index in [1.54, 1.807) is 0 Å². The third-order valence-corrected chi connectivity index (χ3v) is 6.66. The molecule has 0 saturated carbocycles. The van der Waals surface area contributed by atoms with Gasteiger partial charge in [0.1, 0.15) is 13.1 Å². The molecule has 1 aliphatic rings. The van der Waals surface area contributed by atoms with Crippen LogP contribution in [0, 0.1) is 0 Å². The molecular formula is C27H40I2N4O2. The molecule has 3 rings (SSSR count). The summed E-state index contributed by atoms with van der Waals surface area (Å²) in [6.07, 6.45) is 3.85. The number of nitrogens with one attached hydrogen (secondary N) is 2. The third kappa shape index (κ3) is 11.6. The van der Waals surface area contributed by atoms with Crippen LogP contribution in [0.5, 0.6) is 0 Å². The van der Waals surface area contributed by atoms with E-state index in [0.717, 1.165) is 24.1 Å². The maximum absolute atomic E-state index is 12.8. The second-order valence-electron chi connectivity index (χ2n) is 10.0. The number of amides is 2. The summed E-state index contributed by atoms with van der Waals surface area (Å²) in [5, 5.41) is 5.81. The van der Waals surface area contributed by atoms with Crippen molar-refractivity contribution in [2.45, 2.75) is 32.4 Å². The number of likely N-dealkylation sites (tertiary alicyclic amines) is 1. The molecule has 0 aromatic heterocycles. The number of hydrogen-bond acceptors (Lipinski definition) is 2. The molecule has 194 valence electrons. The van der Waals surface area contributed by atoms with Gasteiger partial charge in [0.05, 0.1) is 46.8 Å². The van der Waals surface area contributed by atoms with Crippen LogP contribution in [-0.4, -0.2) is 74.1 Å². The highest BCUT2D eigenvalue weighted by Crippen LogP contribution is 2.17. The first-order valence-electron chi connectivity index (χ1n) is 12.1. The van der Waals surface area contributed by atoms with Crippen molar-refractivity contribution in [3.63, 3.8) is 0 Å². The van der Waals surface area contributed by atoms with Crippen molar-refractivity contribution < 1.29 is 66.5 Å². The van der Waals surface area contributed by atoms with Crippen LogP contribution >= 0.6 is 0 Å². The quantitative estimate of drug-likeness (QED) is 0.190. The van der Waals surface area contributed by atoms with Crippen LogP contribution in [0.2, 0.25) is 0 Å². The van der Waals surface area contributed by atoms with E-state index in [1.807, 2.05) is 36.4 Å². The summed E-state index contributed by atoms with van der Waals surface area (Å²) in [5.41, 5.74) is 2.38. The SMILES string of the molecule is C[N+]1(CCNC(=O)CNC(=O)C[N+](C)(Cc2ccccc2)Cc2ccccc2)CCCCC1.[I-].[I-]. The van der Waals surface area contributed by atoms with Crippen molar-refractivity contribution in [1.82, 2.24) is 10.6 Å². The molecule has 2 aromatic carbocycles. The third-order valence-electron chi connectivity index (χ3n) is 6.66. The largest absolute Gasteiger partial charge is 1.00 e. The number of nitrogens with zero attached hydrogens (tertiary/aromatic N) is 2. The van der Waals surface area contributed by atoms with Gasteiger partial charge in [0.2, 0.25) is 5.91 Å². The molecule has 0 radical (unpaired) electrons. The van der Waals surface area contributed by atoms with E-state index >= 15 is 0 Å². The number of rotatable bonds is 11. The van der Waals surface area contributed by atoms with E-state index in [4.69, 9.17) is 0 Å². The lowest BCUT2D eigenvalue weighted by Gasteiger charge is -2.37. The predicted octanol–water partition coefficient (Wildman–Crippen LogP) is -3.30. The normalized spacial score (nSPS) is 14.7. The van der Waals surface area contributed by atoms with Gasteiger partial charge >= 0.3 is 0 Å². The molecule has 0 unspecified atom stereocenters. The molecule has 0 bridgehead atoms. The monoisotopic (exact) mass is 706 g/mol. The fourth-order valence-electron chi connectivity index (χ4n) is 4.82. The Labute approximate surface area is 245 Å². The average molecular weight is 706 g/mol. The summed E-state index contributed by atoms with van der Waals surface area (Å²) in [6, 6.07) is 20.5. The van der Waals surface area contributed by atoms with Gasteiger partial charge in [-0.25, -0.2) is 0 Å². The lowest BCUT2D eigenvalue weighted by Crippen LogP contribution is -3.00. The van der Waals surface area contributed by atoms with Crippen molar-refractivity contribution in [3.05, 3.63) is 71.8 Å². The second-order valence-corrected chi connectivity index (χ2v) is 10.0. The van der Waals surface area contributed by atoms with Gasteiger partial charge in [-0.05, 0) is 19.3 Å². The highest BCUT2D eigenvalue weighted by atomic mass is 127. The number of quaternary nitrogens is 2. The number of carbonyl (C=O) groups is 2. The van der Waals surface area contributed by atoms with E-state index in [0.29, 0.717) is 17.6 Å². The summed E-state index contributed by atoms with van der Waals surface area (Å²) < 4.78 is 1.57. The Morgan fingerprint density at radius 3 is 1.83 bits per heavy atom. The molecule has 8 heteroatoms. The molecule has 0 aliphatic carbocycles. The van der Waals surface area contributed by atoms with Crippen molar-refractivity contribution in [2.24, 2.45) is 0 Å². The first-order valence-corrected chi connectivity index (χ1v) is 12.1. The lowest BCUT2D eigenvalue weighted by atomic mass is 10.1. The summed E-state index contributed by atoms with van der Waals surface area (Å²) in [4.78, 5) is 25.1. The van der Waals surface area contributed by atoms with Crippen molar-refractivity contribution >= 4 is 11.8 Å². The van der Waals surface area contributed by atoms with Crippen LogP contribution < -0.4 is 58.6 Å². The van der Waals surface area contributed by atoms with E-state index in [1.165, 1.54) is 43.5 Å². The lowest BCUT2D eigenvalue weighted by molar-refractivity contribution is -0.928. The van der Waals surface area contributed by atoms with Crippen LogP contribution in [-0.2, 0) is 22.7 Å². The maximum atomic E-state index is 12.8. The van der Waals surface area contributed by atoms with Crippen LogP contribution in [0.4, 0.5) is 0 Å². The Kier molecular flexibility index (Phi) is 14.3. The Morgan fingerprint density at radius 1 is 0.800 bits per heavy atom. The van der Waals surface area contributed by atoms with Crippen LogP contribution in [0.1, 0.15) is 30.4 Å². The fraction of sp³-hybridized carbons (Fsp3) is 0.481. The average Bonchev–Trinajstić information content (AvgIpc) is 2.79. The second kappa shape index (κ2) is 15.8. The summed E-state index contributed by atoms with van der Waals surface area (Å²) >= 11 is 0. The highest BCUT2D eigenvalue weighted by Gasteiger charge is 2.27. The van der Waals surface area contributed by atoms with E-state index in [-0.39, 0.29) is 66.3 Å². The zero-order chi connectivity index (χ0) is 23.6. The van der Waals surface area contributed by atoms with Crippen molar-refractivity contribution in [1.29, 1.82) is 0 Å². The smallest absolute Gasteiger partial charge is 0.275 e.